The molecule has 1 fully saturated rings. The molecule has 4 rings (SSSR count). The number of aryl methyl sites for hydroxylation is 1. The van der Waals surface area contributed by atoms with Gasteiger partial charge in [-0.2, -0.15) is 0 Å². The highest BCUT2D eigenvalue weighted by molar-refractivity contribution is 6.36. The van der Waals surface area contributed by atoms with E-state index in [2.05, 4.69) is 10.2 Å². The van der Waals surface area contributed by atoms with Crippen LogP contribution in [0, 0.1) is 0 Å². The summed E-state index contributed by atoms with van der Waals surface area (Å²) in [5, 5.41) is 3.65. The number of nitrogens with one attached hydrogen (secondary N) is 1. The third kappa shape index (κ3) is 8.65. The number of esters is 3. The van der Waals surface area contributed by atoms with E-state index < -0.39 is 23.8 Å². The molecule has 2 aliphatic rings. The molecule has 0 aliphatic carbocycles. The third-order valence-electron chi connectivity index (χ3n) is 7.85. The Labute approximate surface area is 273 Å². The molecule has 2 aromatic rings. The second-order valence-corrected chi connectivity index (χ2v) is 11.3. The minimum absolute atomic E-state index is 0.0103. The number of carbonyl (C=O) groups excluding carboxylic acids is 3. The first-order chi connectivity index (χ1) is 21.8. The number of benzene rings is 2. The molecule has 1 saturated heterocycles. The van der Waals surface area contributed by atoms with Crippen molar-refractivity contribution in [2.45, 2.75) is 31.8 Å². The summed E-state index contributed by atoms with van der Waals surface area (Å²) in [5.41, 5.74) is 3.18. The monoisotopic (exact) mass is 660 g/mol. The number of hydrogen-bond donors (Lipinski definition) is 1. The van der Waals surface area contributed by atoms with E-state index in [-0.39, 0.29) is 33.3 Å². The zero-order chi connectivity index (χ0) is 32.3. The van der Waals surface area contributed by atoms with E-state index >= 15 is 0 Å². The van der Waals surface area contributed by atoms with Crippen molar-refractivity contribution >= 4 is 41.1 Å². The van der Waals surface area contributed by atoms with Gasteiger partial charge in [-0.25, -0.2) is 9.59 Å². The Hall–Kier alpha value is -3.41. The van der Waals surface area contributed by atoms with E-state index in [1.165, 1.54) is 21.3 Å². The summed E-state index contributed by atoms with van der Waals surface area (Å²) in [5.74, 6) is -3.12. The fourth-order valence-electron chi connectivity index (χ4n) is 5.54. The van der Waals surface area contributed by atoms with Crippen molar-refractivity contribution in [3.05, 3.63) is 91.7 Å². The predicted molar refractivity (Wildman–Crippen MR) is 169 cm³/mol. The van der Waals surface area contributed by atoms with Crippen LogP contribution in [0.1, 0.15) is 35.4 Å². The van der Waals surface area contributed by atoms with Crippen molar-refractivity contribution in [3.63, 3.8) is 0 Å². The highest BCUT2D eigenvalue weighted by Crippen LogP contribution is 2.46. The number of carbonyl (C=O) groups is 3. The van der Waals surface area contributed by atoms with Crippen LogP contribution in [-0.2, 0) is 51.1 Å². The average molecular weight is 662 g/mol. The maximum atomic E-state index is 13.5. The first-order valence-corrected chi connectivity index (χ1v) is 15.4. The first-order valence-electron chi connectivity index (χ1n) is 14.6. The molecule has 45 heavy (non-hydrogen) atoms. The van der Waals surface area contributed by atoms with Crippen LogP contribution >= 0.6 is 23.2 Å². The number of rotatable bonds is 13. The number of allylic oxidation sites excluding steroid dienone is 1. The third-order valence-corrected chi connectivity index (χ3v) is 8.51. The van der Waals surface area contributed by atoms with Crippen molar-refractivity contribution < 1.29 is 38.1 Å². The maximum Gasteiger partial charge on any atom is 0.336 e. The van der Waals surface area contributed by atoms with Gasteiger partial charge in [-0.3, -0.25) is 9.69 Å². The zero-order valence-corrected chi connectivity index (χ0v) is 27.2. The lowest BCUT2D eigenvalue weighted by atomic mass is 9.78. The highest BCUT2D eigenvalue weighted by Gasteiger charge is 2.41. The van der Waals surface area contributed by atoms with E-state index in [0.717, 1.165) is 44.0 Å². The molecule has 1 unspecified atom stereocenters. The molecule has 0 aromatic heterocycles. The standard InChI is InChI=1S/C33H38Cl2N2O8/c1-41-27(38)19-26-30(33(40)43-3)31(28-23(34)9-6-10-24(28)35)29(32(39)42-2)25(36-26)12-11-21-7-4-5-8-22(21)20-45-18-15-37-13-16-44-17-14-37/h4-10,31,36H,11-20H2,1-3H3. The van der Waals surface area contributed by atoms with Gasteiger partial charge in [-0.05, 0) is 36.1 Å². The van der Waals surface area contributed by atoms with Gasteiger partial charge in [0.2, 0.25) is 0 Å². The largest absolute Gasteiger partial charge is 0.469 e. The zero-order valence-electron chi connectivity index (χ0n) is 25.7. The van der Waals surface area contributed by atoms with Gasteiger partial charge >= 0.3 is 17.9 Å². The van der Waals surface area contributed by atoms with Crippen LogP contribution in [0.25, 0.3) is 0 Å². The lowest BCUT2D eigenvalue weighted by Gasteiger charge is -2.33. The van der Waals surface area contributed by atoms with Gasteiger partial charge in [0, 0.05) is 46.6 Å². The lowest BCUT2D eigenvalue weighted by Crippen LogP contribution is -2.38. The molecular formula is C33H38Cl2N2O8. The average Bonchev–Trinajstić information content (AvgIpc) is 3.05. The lowest BCUT2D eigenvalue weighted by molar-refractivity contribution is -0.139. The van der Waals surface area contributed by atoms with Crippen molar-refractivity contribution in [2.24, 2.45) is 0 Å². The fourth-order valence-corrected chi connectivity index (χ4v) is 6.16. The number of halogens is 2. The maximum absolute atomic E-state index is 13.5. The summed E-state index contributed by atoms with van der Waals surface area (Å²) in [7, 11) is 3.73. The van der Waals surface area contributed by atoms with Crippen molar-refractivity contribution in [3.8, 4) is 0 Å². The van der Waals surface area contributed by atoms with Gasteiger partial charge in [-0.1, -0.05) is 53.5 Å². The second kappa shape index (κ2) is 16.8. The van der Waals surface area contributed by atoms with Gasteiger partial charge in [0.1, 0.15) is 0 Å². The van der Waals surface area contributed by atoms with E-state index in [1.807, 2.05) is 24.3 Å². The summed E-state index contributed by atoms with van der Waals surface area (Å²) in [6, 6.07) is 12.8. The molecule has 12 heteroatoms. The minimum atomic E-state index is -1.08. The summed E-state index contributed by atoms with van der Waals surface area (Å²) >= 11 is 13.3. The Balaban J connectivity index is 1.68. The number of hydrogen-bond acceptors (Lipinski definition) is 10. The summed E-state index contributed by atoms with van der Waals surface area (Å²) in [6.45, 7) is 5.11. The van der Waals surface area contributed by atoms with E-state index in [0.29, 0.717) is 37.3 Å². The van der Waals surface area contributed by atoms with Crippen molar-refractivity contribution in [1.29, 1.82) is 0 Å². The van der Waals surface area contributed by atoms with E-state index in [1.54, 1.807) is 18.2 Å². The molecule has 0 amide bonds. The number of methoxy groups -OCH3 is 3. The molecule has 1 N–H and O–H groups in total. The molecule has 0 radical (unpaired) electrons. The Bertz CT molecular complexity index is 1430. The molecule has 0 bridgehead atoms. The van der Waals surface area contributed by atoms with Crippen molar-refractivity contribution in [2.75, 3.05) is 60.8 Å². The normalized spacial score (nSPS) is 17.1. The molecule has 0 spiro atoms. The quantitative estimate of drug-likeness (QED) is 0.186. The van der Waals surface area contributed by atoms with Gasteiger partial charge in [0.05, 0.1) is 71.2 Å². The Morgan fingerprint density at radius 1 is 0.844 bits per heavy atom. The molecule has 0 saturated carbocycles. The number of ether oxygens (including phenoxy) is 5. The van der Waals surface area contributed by atoms with Crippen LogP contribution in [0.15, 0.2) is 65.0 Å². The smallest absolute Gasteiger partial charge is 0.336 e. The Morgan fingerprint density at radius 3 is 2.09 bits per heavy atom. The van der Waals surface area contributed by atoms with E-state index in [4.69, 9.17) is 46.9 Å². The SMILES string of the molecule is COC(=O)CC1=C(C(=O)OC)C(c2c(Cl)cccc2Cl)C(C(=O)OC)=C(CCc2ccccc2COCCN2CCOCC2)N1. The summed E-state index contributed by atoms with van der Waals surface area (Å²) < 4.78 is 26.7. The molecule has 1 atom stereocenters. The van der Waals surface area contributed by atoms with Gasteiger partial charge < -0.3 is 29.0 Å². The highest BCUT2D eigenvalue weighted by atomic mass is 35.5. The molecule has 2 aliphatic heterocycles. The molecular weight excluding hydrogens is 623 g/mol. The van der Waals surface area contributed by atoms with Crippen LogP contribution in [-0.4, -0.2) is 83.6 Å². The summed E-state index contributed by atoms with van der Waals surface area (Å²) in [6.07, 6.45) is 0.547. The predicted octanol–water partition coefficient (Wildman–Crippen LogP) is 4.58. The Kier molecular flexibility index (Phi) is 12.8. The second-order valence-electron chi connectivity index (χ2n) is 10.5. The fraction of sp³-hybridized carbons (Fsp3) is 0.424. The number of nitrogens with zero attached hydrogens (tertiary/aromatic N) is 1. The molecule has 2 aromatic carbocycles. The Morgan fingerprint density at radius 2 is 1.47 bits per heavy atom. The summed E-state index contributed by atoms with van der Waals surface area (Å²) in [4.78, 5) is 41.6. The van der Waals surface area contributed by atoms with Gasteiger partial charge in [0.15, 0.2) is 0 Å². The van der Waals surface area contributed by atoms with Crippen molar-refractivity contribution in [1.82, 2.24) is 10.2 Å². The van der Waals surface area contributed by atoms with Crippen LogP contribution < -0.4 is 5.32 Å². The van der Waals surface area contributed by atoms with Crippen LogP contribution in [0.3, 0.4) is 0 Å². The first kappa shape index (κ1) is 34.5. The number of morpholine rings is 1. The van der Waals surface area contributed by atoms with Crippen LogP contribution in [0.5, 0.6) is 0 Å². The minimum Gasteiger partial charge on any atom is -0.469 e. The molecule has 10 nitrogen and oxygen atoms in total. The molecule has 242 valence electrons. The van der Waals surface area contributed by atoms with Gasteiger partial charge in [0.25, 0.3) is 0 Å². The van der Waals surface area contributed by atoms with Crippen LogP contribution in [0.4, 0.5) is 0 Å². The topological polar surface area (TPSA) is 113 Å². The van der Waals surface area contributed by atoms with Gasteiger partial charge in [-0.15, -0.1) is 0 Å². The van der Waals surface area contributed by atoms with Crippen LogP contribution in [0.2, 0.25) is 10.0 Å². The number of dihydropyridines is 1. The molecule has 2 heterocycles. The van der Waals surface area contributed by atoms with E-state index in [9.17, 15) is 14.4 Å².